The third-order valence-electron chi connectivity index (χ3n) is 5.62. The number of aromatic nitrogens is 2. The van der Waals surface area contributed by atoms with E-state index in [-0.39, 0.29) is 17.9 Å². The molecule has 168 valence electrons. The highest BCUT2D eigenvalue weighted by atomic mass is 35.5. The summed E-state index contributed by atoms with van der Waals surface area (Å²) in [6, 6.07) is 16.9. The van der Waals surface area contributed by atoms with Crippen LogP contribution in [0.2, 0.25) is 5.02 Å². The lowest BCUT2D eigenvalue weighted by Crippen LogP contribution is -2.07. The van der Waals surface area contributed by atoms with Crippen molar-refractivity contribution >= 4 is 34.9 Å². The van der Waals surface area contributed by atoms with E-state index < -0.39 is 5.97 Å². The number of benzene rings is 3. The number of carboxylic acid groups (broad SMARTS) is 1. The fraction of sp³-hybridized carbons (Fsp3) is 0.0769. The number of aryl methyl sites for hydroxylation is 1. The summed E-state index contributed by atoms with van der Waals surface area (Å²) in [5, 5.41) is 13.0. The quantitative estimate of drug-likeness (QED) is 0.378. The van der Waals surface area contributed by atoms with E-state index >= 15 is 0 Å². The van der Waals surface area contributed by atoms with E-state index in [1.165, 1.54) is 6.07 Å². The molecule has 0 spiro atoms. The average Bonchev–Trinajstić information content (AvgIpc) is 2.97. The normalized spacial score (nSPS) is 12.3. The van der Waals surface area contributed by atoms with Gasteiger partial charge in [-0.3, -0.25) is 4.99 Å². The van der Waals surface area contributed by atoms with Crippen LogP contribution in [-0.4, -0.2) is 26.8 Å². The zero-order valence-corrected chi connectivity index (χ0v) is 18.8. The molecule has 5 rings (SSSR count). The molecule has 1 aromatic heterocycles. The number of rotatable bonds is 4. The van der Waals surface area contributed by atoms with Crippen molar-refractivity contribution in [2.45, 2.75) is 13.5 Å². The molecule has 1 aliphatic heterocycles. The van der Waals surface area contributed by atoms with Gasteiger partial charge in [0.05, 0.1) is 23.5 Å². The summed E-state index contributed by atoms with van der Waals surface area (Å²) in [6.45, 7) is 2.00. The number of aromatic carboxylic acids is 1. The van der Waals surface area contributed by atoms with Gasteiger partial charge in [-0.2, -0.15) is 0 Å². The average molecular weight is 473 g/mol. The number of carboxylic acids is 1. The number of anilines is 2. The van der Waals surface area contributed by atoms with Gasteiger partial charge in [0.2, 0.25) is 5.95 Å². The fourth-order valence-corrected chi connectivity index (χ4v) is 4.10. The molecule has 0 amide bonds. The third-order valence-corrected chi connectivity index (χ3v) is 5.85. The van der Waals surface area contributed by atoms with Crippen molar-refractivity contribution in [3.05, 3.63) is 106 Å². The van der Waals surface area contributed by atoms with Gasteiger partial charge in [0.1, 0.15) is 5.82 Å². The Bertz CT molecular complexity index is 1490. The number of carbonyl (C=O) groups is 1. The van der Waals surface area contributed by atoms with E-state index in [4.69, 9.17) is 16.6 Å². The molecule has 8 heteroatoms. The highest BCUT2D eigenvalue weighted by molar-refractivity contribution is 6.31. The standard InChI is InChI=1S/C26H18ClFN4O2/c1-14-6-8-17(11-20(14)25(33)34)31-26-30-13-15-12-29-24(19-4-2-3-5-22(19)28)21-10-16(27)7-9-18(21)23(15)32-26/h2-11,13H,12H2,1H3,(H,33,34)(H,30,31,32). The van der Waals surface area contributed by atoms with Gasteiger partial charge in [0, 0.05) is 39.2 Å². The number of aliphatic imine (C=N–C) groups is 1. The molecule has 0 radical (unpaired) electrons. The summed E-state index contributed by atoms with van der Waals surface area (Å²) >= 11 is 6.30. The first-order chi connectivity index (χ1) is 16.4. The second-order valence-electron chi connectivity index (χ2n) is 7.86. The fourth-order valence-electron chi connectivity index (χ4n) is 3.93. The molecule has 2 heterocycles. The summed E-state index contributed by atoms with van der Waals surface area (Å²) in [6.07, 6.45) is 1.67. The first-order valence-corrected chi connectivity index (χ1v) is 10.8. The lowest BCUT2D eigenvalue weighted by molar-refractivity contribution is 0.0696. The highest BCUT2D eigenvalue weighted by Gasteiger charge is 2.23. The molecule has 4 aromatic rings. The van der Waals surface area contributed by atoms with Crippen LogP contribution < -0.4 is 5.32 Å². The zero-order chi connectivity index (χ0) is 23.8. The van der Waals surface area contributed by atoms with Crippen LogP contribution in [0.4, 0.5) is 16.0 Å². The smallest absolute Gasteiger partial charge is 0.336 e. The summed E-state index contributed by atoms with van der Waals surface area (Å²) in [4.78, 5) is 25.3. The second kappa shape index (κ2) is 8.68. The minimum Gasteiger partial charge on any atom is -0.478 e. The second-order valence-corrected chi connectivity index (χ2v) is 8.30. The van der Waals surface area contributed by atoms with Crippen molar-refractivity contribution in [3.63, 3.8) is 0 Å². The van der Waals surface area contributed by atoms with E-state index in [1.807, 2.05) is 6.07 Å². The van der Waals surface area contributed by atoms with Gasteiger partial charge in [-0.05, 0) is 48.9 Å². The van der Waals surface area contributed by atoms with Gasteiger partial charge in [-0.1, -0.05) is 35.9 Å². The maximum atomic E-state index is 14.7. The lowest BCUT2D eigenvalue weighted by atomic mass is 9.95. The van der Waals surface area contributed by atoms with Gasteiger partial charge in [0.15, 0.2) is 0 Å². The summed E-state index contributed by atoms with van der Waals surface area (Å²) in [5.41, 5.74) is 5.12. The number of fused-ring (bicyclic) bond motifs is 3. The van der Waals surface area contributed by atoms with Crippen molar-refractivity contribution in [3.8, 4) is 11.3 Å². The maximum Gasteiger partial charge on any atom is 0.336 e. The van der Waals surface area contributed by atoms with Crippen molar-refractivity contribution in [2.24, 2.45) is 4.99 Å². The Balaban J connectivity index is 1.60. The molecule has 0 aliphatic carbocycles. The molecule has 0 fully saturated rings. The number of hydrogen-bond acceptors (Lipinski definition) is 5. The van der Waals surface area contributed by atoms with Gasteiger partial charge in [0.25, 0.3) is 0 Å². The predicted octanol–water partition coefficient (Wildman–Crippen LogP) is 6.04. The number of hydrogen-bond donors (Lipinski definition) is 2. The Hall–Kier alpha value is -4.10. The minimum atomic E-state index is -1.01. The predicted molar refractivity (Wildman–Crippen MR) is 130 cm³/mol. The molecule has 0 atom stereocenters. The van der Waals surface area contributed by atoms with Crippen LogP contribution >= 0.6 is 11.6 Å². The van der Waals surface area contributed by atoms with Crippen LogP contribution in [-0.2, 0) is 6.54 Å². The zero-order valence-electron chi connectivity index (χ0n) is 18.0. The van der Waals surface area contributed by atoms with Crippen molar-refractivity contribution in [2.75, 3.05) is 5.32 Å². The van der Waals surface area contributed by atoms with Gasteiger partial charge in [-0.25, -0.2) is 19.2 Å². The van der Waals surface area contributed by atoms with Crippen LogP contribution in [0.1, 0.15) is 32.6 Å². The van der Waals surface area contributed by atoms with E-state index in [9.17, 15) is 14.3 Å². The first-order valence-electron chi connectivity index (χ1n) is 10.5. The summed E-state index contributed by atoms with van der Waals surface area (Å²) in [5.74, 6) is -1.08. The number of nitrogens with one attached hydrogen (secondary N) is 1. The molecule has 0 bridgehead atoms. The molecule has 0 saturated carbocycles. The van der Waals surface area contributed by atoms with Crippen LogP contribution in [0.25, 0.3) is 11.3 Å². The molecule has 3 aromatic carbocycles. The van der Waals surface area contributed by atoms with Crippen LogP contribution in [0.3, 0.4) is 0 Å². The van der Waals surface area contributed by atoms with Gasteiger partial charge in [-0.15, -0.1) is 0 Å². The van der Waals surface area contributed by atoms with Crippen molar-refractivity contribution in [1.82, 2.24) is 9.97 Å². The monoisotopic (exact) mass is 472 g/mol. The number of halogens is 2. The van der Waals surface area contributed by atoms with E-state index in [0.29, 0.717) is 44.8 Å². The molecular weight excluding hydrogens is 455 g/mol. The van der Waals surface area contributed by atoms with E-state index in [2.05, 4.69) is 15.3 Å². The lowest BCUT2D eigenvalue weighted by Gasteiger charge is -2.13. The van der Waals surface area contributed by atoms with Crippen molar-refractivity contribution in [1.29, 1.82) is 0 Å². The van der Waals surface area contributed by atoms with E-state index in [1.54, 1.807) is 61.7 Å². The van der Waals surface area contributed by atoms with Crippen LogP contribution in [0.15, 0.2) is 71.9 Å². The molecule has 2 N–H and O–H groups in total. The molecular formula is C26H18ClFN4O2. The minimum absolute atomic E-state index is 0.197. The maximum absolute atomic E-state index is 14.7. The van der Waals surface area contributed by atoms with Gasteiger partial charge >= 0.3 is 5.97 Å². The Morgan fingerprint density at radius 2 is 1.88 bits per heavy atom. The third kappa shape index (κ3) is 4.02. The molecule has 34 heavy (non-hydrogen) atoms. The van der Waals surface area contributed by atoms with E-state index in [0.717, 1.165) is 11.1 Å². The molecule has 0 unspecified atom stereocenters. The topological polar surface area (TPSA) is 87.5 Å². The largest absolute Gasteiger partial charge is 0.478 e. The highest BCUT2D eigenvalue weighted by Crippen LogP contribution is 2.34. The Kier molecular flexibility index (Phi) is 5.55. The van der Waals surface area contributed by atoms with Crippen molar-refractivity contribution < 1.29 is 14.3 Å². The molecule has 1 aliphatic rings. The number of nitrogens with zero attached hydrogens (tertiary/aromatic N) is 3. The first kappa shape index (κ1) is 21.7. The molecule has 0 saturated heterocycles. The summed E-state index contributed by atoms with van der Waals surface area (Å²) in [7, 11) is 0. The van der Waals surface area contributed by atoms with Crippen LogP contribution in [0.5, 0.6) is 0 Å². The van der Waals surface area contributed by atoms with Gasteiger partial charge < -0.3 is 10.4 Å². The Morgan fingerprint density at radius 3 is 2.68 bits per heavy atom. The Morgan fingerprint density at radius 1 is 1.06 bits per heavy atom. The summed E-state index contributed by atoms with van der Waals surface area (Å²) < 4.78 is 14.7. The Labute approximate surface area is 199 Å². The van der Waals surface area contributed by atoms with Crippen LogP contribution in [0, 0.1) is 12.7 Å². The SMILES string of the molecule is Cc1ccc(Nc2ncc3c(n2)-c2ccc(Cl)cc2C(c2ccccc2F)=NC3)cc1C(=O)O. The molecule has 6 nitrogen and oxygen atoms in total.